The van der Waals surface area contributed by atoms with Crippen molar-refractivity contribution in [3.63, 3.8) is 0 Å². The van der Waals surface area contributed by atoms with Crippen molar-refractivity contribution < 1.29 is 23.4 Å². The molecule has 0 radical (unpaired) electrons. The van der Waals surface area contributed by atoms with Crippen molar-refractivity contribution >= 4 is 0 Å². The van der Waals surface area contributed by atoms with Crippen LogP contribution in [0.5, 0.6) is 11.5 Å². The molecule has 0 heterocycles. The van der Waals surface area contributed by atoms with Gasteiger partial charge in [0.05, 0.1) is 25.9 Å². The Bertz CT molecular complexity index is 385. The summed E-state index contributed by atoms with van der Waals surface area (Å²) in [5.41, 5.74) is 5.23. The third-order valence-electron chi connectivity index (χ3n) is 2.40. The molecule has 1 aromatic rings. The highest BCUT2D eigenvalue weighted by atomic mass is 19.3. The standard InChI is InChI=1S/C11H15F2NO3/c1-16-9-4-10(17-2)7(11(12)13)3-6(9)8(15)5-14/h3-4,8,11,15H,5,14H2,1-2H3. The number of hydrogen-bond acceptors (Lipinski definition) is 4. The minimum atomic E-state index is -2.69. The first-order valence-electron chi connectivity index (χ1n) is 4.97. The lowest BCUT2D eigenvalue weighted by Gasteiger charge is -2.17. The number of hydrogen-bond donors (Lipinski definition) is 2. The molecule has 0 bridgehead atoms. The summed E-state index contributed by atoms with van der Waals surface area (Å²) in [7, 11) is 2.67. The van der Waals surface area contributed by atoms with E-state index in [1.165, 1.54) is 20.3 Å². The Kier molecular flexibility index (Phi) is 4.65. The van der Waals surface area contributed by atoms with Crippen LogP contribution in [-0.2, 0) is 0 Å². The zero-order valence-corrected chi connectivity index (χ0v) is 9.61. The molecule has 0 aliphatic carbocycles. The summed E-state index contributed by atoms with van der Waals surface area (Å²) >= 11 is 0. The van der Waals surface area contributed by atoms with Crippen molar-refractivity contribution in [2.45, 2.75) is 12.5 Å². The van der Waals surface area contributed by atoms with Gasteiger partial charge in [0.15, 0.2) is 0 Å². The molecule has 1 aromatic carbocycles. The number of benzene rings is 1. The normalized spacial score (nSPS) is 12.6. The van der Waals surface area contributed by atoms with E-state index in [1.54, 1.807) is 0 Å². The van der Waals surface area contributed by atoms with Gasteiger partial charge in [0.25, 0.3) is 6.43 Å². The Morgan fingerprint density at radius 3 is 2.12 bits per heavy atom. The number of ether oxygens (including phenoxy) is 2. The molecule has 0 aromatic heterocycles. The molecule has 96 valence electrons. The molecule has 1 rings (SSSR count). The maximum absolute atomic E-state index is 12.8. The number of rotatable bonds is 5. The largest absolute Gasteiger partial charge is 0.496 e. The van der Waals surface area contributed by atoms with E-state index in [0.29, 0.717) is 0 Å². The Labute approximate surface area is 97.9 Å². The molecule has 17 heavy (non-hydrogen) atoms. The maximum Gasteiger partial charge on any atom is 0.267 e. The van der Waals surface area contributed by atoms with Crippen molar-refractivity contribution in [3.05, 3.63) is 23.3 Å². The van der Waals surface area contributed by atoms with E-state index in [1.807, 2.05) is 0 Å². The molecule has 0 aliphatic rings. The van der Waals surface area contributed by atoms with Crippen molar-refractivity contribution in [1.29, 1.82) is 0 Å². The van der Waals surface area contributed by atoms with Crippen LogP contribution in [-0.4, -0.2) is 25.9 Å². The van der Waals surface area contributed by atoms with Crippen molar-refractivity contribution in [1.82, 2.24) is 0 Å². The number of nitrogens with two attached hydrogens (primary N) is 1. The zero-order valence-electron chi connectivity index (χ0n) is 9.61. The average Bonchev–Trinajstić information content (AvgIpc) is 2.35. The van der Waals surface area contributed by atoms with Gasteiger partial charge in [-0.15, -0.1) is 0 Å². The third-order valence-corrected chi connectivity index (χ3v) is 2.40. The number of halogens is 2. The van der Waals surface area contributed by atoms with Crippen LogP contribution in [0.4, 0.5) is 8.78 Å². The summed E-state index contributed by atoms with van der Waals surface area (Å²) in [4.78, 5) is 0. The third kappa shape index (κ3) is 2.83. The monoisotopic (exact) mass is 247 g/mol. The molecule has 0 spiro atoms. The summed E-state index contributed by atoms with van der Waals surface area (Å²) in [6, 6.07) is 2.47. The van der Waals surface area contributed by atoms with Crippen LogP contribution in [0.3, 0.4) is 0 Å². The van der Waals surface area contributed by atoms with Crippen molar-refractivity contribution in [3.8, 4) is 11.5 Å². The van der Waals surface area contributed by atoms with E-state index >= 15 is 0 Å². The summed E-state index contributed by atoms with van der Waals surface area (Å²) in [5, 5.41) is 9.62. The molecule has 0 amide bonds. The molecule has 0 fully saturated rings. The van der Waals surface area contributed by atoms with Crippen LogP contribution >= 0.6 is 0 Å². The van der Waals surface area contributed by atoms with Gasteiger partial charge >= 0.3 is 0 Å². The van der Waals surface area contributed by atoms with Crippen LogP contribution in [0.2, 0.25) is 0 Å². The molecule has 3 N–H and O–H groups in total. The predicted octanol–water partition coefficient (Wildman–Crippen LogP) is 1.63. The molecule has 1 unspecified atom stereocenters. The van der Waals surface area contributed by atoms with Crippen LogP contribution in [0.25, 0.3) is 0 Å². The quantitative estimate of drug-likeness (QED) is 0.830. The van der Waals surface area contributed by atoms with E-state index in [9.17, 15) is 13.9 Å². The van der Waals surface area contributed by atoms with Crippen molar-refractivity contribution in [2.24, 2.45) is 5.73 Å². The lowest BCUT2D eigenvalue weighted by atomic mass is 10.0. The highest BCUT2D eigenvalue weighted by Crippen LogP contribution is 2.37. The summed E-state index contributed by atoms with van der Waals surface area (Å²) < 4.78 is 35.4. The van der Waals surface area contributed by atoms with E-state index in [-0.39, 0.29) is 29.2 Å². The summed E-state index contributed by atoms with van der Waals surface area (Å²) in [6.07, 6.45) is -3.74. The molecule has 1 atom stereocenters. The first kappa shape index (κ1) is 13.7. The van der Waals surface area contributed by atoms with E-state index in [2.05, 4.69) is 0 Å². The number of methoxy groups -OCH3 is 2. The zero-order chi connectivity index (χ0) is 13.0. The second kappa shape index (κ2) is 5.79. The Morgan fingerprint density at radius 1 is 1.18 bits per heavy atom. The van der Waals surface area contributed by atoms with Gasteiger partial charge in [0, 0.05) is 18.2 Å². The minimum absolute atomic E-state index is 0.0184. The predicted molar refractivity (Wildman–Crippen MR) is 58.5 cm³/mol. The van der Waals surface area contributed by atoms with Crippen LogP contribution in [0.1, 0.15) is 23.7 Å². The SMILES string of the molecule is COc1cc(OC)c(C(O)CN)cc1C(F)F. The molecule has 0 saturated carbocycles. The van der Waals surface area contributed by atoms with Crippen LogP contribution in [0, 0.1) is 0 Å². The molecule has 0 aliphatic heterocycles. The number of alkyl halides is 2. The van der Waals surface area contributed by atoms with Gasteiger partial charge in [-0.2, -0.15) is 0 Å². The lowest BCUT2D eigenvalue weighted by Crippen LogP contribution is -2.13. The second-order valence-corrected chi connectivity index (χ2v) is 3.39. The van der Waals surface area contributed by atoms with Gasteiger partial charge in [-0.25, -0.2) is 8.78 Å². The van der Waals surface area contributed by atoms with Gasteiger partial charge in [0.1, 0.15) is 11.5 Å². The van der Waals surface area contributed by atoms with E-state index in [4.69, 9.17) is 15.2 Å². The smallest absolute Gasteiger partial charge is 0.267 e. The number of aliphatic hydroxyl groups excluding tert-OH is 1. The first-order valence-corrected chi connectivity index (χ1v) is 4.97. The Hall–Kier alpha value is -1.40. The van der Waals surface area contributed by atoms with Gasteiger partial charge in [-0.05, 0) is 6.07 Å². The minimum Gasteiger partial charge on any atom is -0.496 e. The summed E-state index contributed by atoms with van der Waals surface area (Å²) in [6.45, 7) is -0.0780. The van der Waals surface area contributed by atoms with Crippen LogP contribution in [0.15, 0.2) is 12.1 Å². The highest BCUT2D eigenvalue weighted by molar-refractivity contribution is 5.48. The molecular formula is C11H15F2NO3. The van der Waals surface area contributed by atoms with Gasteiger partial charge in [0.2, 0.25) is 0 Å². The Balaban J connectivity index is 3.33. The van der Waals surface area contributed by atoms with Gasteiger partial charge in [-0.3, -0.25) is 0 Å². The average molecular weight is 247 g/mol. The second-order valence-electron chi connectivity index (χ2n) is 3.39. The highest BCUT2D eigenvalue weighted by Gasteiger charge is 2.21. The fraction of sp³-hybridized carbons (Fsp3) is 0.455. The van der Waals surface area contributed by atoms with Crippen molar-refractivity contribution in [2.75, 3.05) is 20.8 Å². The number of aliphatic hydroxyl groups is 1. The lowest BCUT2D eigenvalue weighted by molar-refractivity contribution is 0.145. The fourth-order valence-corrected chi connectivity index (χ4v) is 1.51. The van der Waals surface area contributed by atoms with Gasteiger partial charge < -0.3 is 20.3 Å². The van der Waals surface area contributed by atoms with E-state index < -0.39 is 12.5 Å². The van der Waals surface area contributed by atoms with Crippen LogP contribution < -0.4 is 15.2 Å². The van der Waals surface area contributed by atoms with Gasteiger partial charge in [-0.1, -0.05) is 0 Å². The molecule has 0 saturated heterocycles. The molecule has 6 heteroatoms. The summed E-state index contributed by atoms with van der Waals surface area (Å²) in [5.74, 6) is 0.286. The molecular weight excluding hydrogens is 232 g/mol. The molecule has 4 nitrogen and oxygen atoms in total. The Morgan fingerprint density at radius 2 is 1.71 bits per heavy atom. The topological polar surface area (TPSA) is 64.7 Å². The fourth-order valence-electron chi connectivity index (χ4n) is 1.51. The maximum atomic E-state index is 12.8. The first-order chi connectivity index (χ1) is 8.04. The van der Waals surface area contributed by atoms with E-state index in [0.717, 1.165) is 6.07 Å².